The molecule has 0 bridgehead atoms. The van der Waals surface area contributed by atoms with Gasteiger partial charge in [-0.1, -0.05) is 6.07 Å². The number of aliphatic hydroxyl groups excluding tert-OH is 1. The normalized spacial score (nSPS) is 13.5. The Morgan fingerprint density at radius 3 is 2.53 bits per heavy atom. The number of amides is 2. The maximum absolute atomic E-state index is 13.4. The third-order valence-corrected chi connectivity index (χ3v) is 2.90. The molecule has 0 saturated carbocycles. The van der Waals surface area contributed by atoms with Crippen LogP contribution in [0, 0.1) is 5.82 Å². The van der Waals surface area contributed by atoms with Gasteiger partial charge in [0.25, 0.3) is 0 Å². The van der Waals surface area contributed by atoms with Crippen LogP contribution in [-0.4, -0.2) is 34.4 Å². The minimum absolute atomic E-state index is 0.116. The lowest BCUT2D eigenvalue weighted by Crippen LogP contribution is -2.49. The minimum atomic E-state index is -1.48. The van der Waals surface area contributed by atoms with Gasteiger partial charge in [0.2, 0.25) is 0 Å². The van der Waals surface area contributed by atoms with Crippen LogP contribution in [0.5, 0.6) is 0 Å². The lowest BCUT2D eigenvalue weighted by molar-refractivity contribution is -0.141. The number of carboxylic acid groups (broad SMARTS) is 1. The van der Waals surface area contributed by atoms with Gasteiger partial charge >= 0.3 is 12.0 Å². The molecular weight excluding hydrogens is 323 g/mol. The van der Waals surface area contributed by atoms with Gasteiger partial charge in [-0.25, -0.2) is 14.0 Å². The Hall–Kier alpha value is -1.67. The van der Waals surface area contributed by atoms with E-state index in [1.165, 1.54) is 19.1 Å². The van der Waals surface area contributed by atoms with Crippen LogP contribution in [0.1, 0.15) is 6.92 Å². The van der Waals surface area contributed by atoms with Crippen molar-refractivity contribution < 1.29 is 24.2 Å². The van der Waals surface area contributed by atoms with Crippen LogP contribution in [0.3, 0.4) is 0 Å². The van der Waals surface area contributed by atoms with Crippen molar-refractivity contribution in [3.8, 4) is 0 Å². The van der Waals surface area contributed by atoms with Gasteiger partial charge in [-0.2, -0.15) is 0 Å². The molecule has 0 aliphatic carbocycles. The third-order valence-electron chi connectivity index (χ3n) is 2.24. The Labute approximate surface area is 116 Å². The van der Waals surface area contributed by atoms with Crippen LogP contribution in [-0.2, 0) is 4.79 Å². The summed E-state index contributed by atoms with van der Waals surface area (Å²) in [6.45, 7) is 1.22. The fourth-order valence-corrected chi connectivity index (χ4v) is 1.74. The number of carbonyl (C=O) groups excluding carboxylic acids is 1. The van der Waals surface area contributed by atoms with Crippen molar-refractivity contribution in [2.24, 2.45) is 0 Å². The molecule has 2 amide bonds. The van der Waals surface area contributed by atoms with E-state index in [1.807, 2.05) is 5.32 Å². The number of para-hydroxylation sites is 1. The van der Waals surface area contributed by atoms with E-state index in [2.05, 4.69) is 21.2 Å². The number of carbonyl (C=O) groups is 2. The molecule has 0 aliphatic heterocycles. The van der Waals surface area contributed by atoms with E-state index in [0.717, 1.165) is 6.07 Å². The fourth-order valence-electron chi connectivity index (χ4n) is 1.30. The van der Waals surface area contributed by atoms with Crippen LogP contribution in [0.4, 0.5) is 14.9 Å². The molecule has 2 unspecified atom stereocenters. The van der Waals surface area contributed by atoms with Crippen molar-refractivity contribution in [2.75, 3.05) is 5.32 Å². The molecular formula is C11H12BrFN2O4. The van der Waals surface area contributed by atoms with E-state index in [9.17, 15) is 19.1 Å². The van der Waals surface area contributed by atoms with Gasteiger partial charge in [-0.15, -0.1) is 0 Å². The Bertz CT molecular complexity index is 475. The first kappa shape index (κ1) is 15.4. The summed E-state index contributed by atoms with van der Waals surface area (Å²) in [5, 5.41) is 22.2. The second-order valence-corrected chi connectivity index (χ2v) is 4.61. The average molecular weight is 335 g/mol. The standard InChI is InChI=1S/C11H12BrFN2O4/c1-5(16)8(10(17)18)14-11(19)15-9-6(12)3-2-4-7(9)13/h2-5,8,16H,1H3,(H,17,18)(H2,14,15,19). The van der Waals surface area contributed by atoms with Crippen LogP contribution in [0.15, 0.2) is 22.7 Å². The molecule has 104 valence electrons. The van der Waals surface area contributed by atoms with Crippen LogP contribution in [0.25, 0.3) is 0 Å². The van der Waals surface area contributed by atoms with E-state index in [0.29, 0.717) is 4.47 Å². The van der Waals surface area contributed by atoms with Gasteiger partial charge in [-0.3, -0.25) is 0 Å². The number of aliphatic carboxylic acids is 1. The second kappa shape index (κ2) is 6.48. The molecule has 2 atom stereocenters. The number of urea groups is 1. The predicted molar refractivity (Wildman–Crippen MR) is 69.4 cm³/mol. The summed E-state index contributed by atoms with van der Waals surface area (Å²) in [5.74, 6) is -2.06. The number of aliphatic hydroxyl groups is 1. The second-order valence-electron chi connectivity index (χ2n) is 3.75. The molecule has 0 saturated heterocycles. The van der Waals surface area contributed by atoms with Gasteiger partial charge < -0.3 is 20.8 Å². The van der Waals surface area contributed by atoms with Crippen molar-refractivity contribution in [3.05, 3.63) is 28.5 Å². The first-order chi connectivity index (χ1) is 8.82. The molecule has 0 radical (unpaired) electrons. The number of nitrogens with one attached hydrogen (secondary N) is 2. The van der Waals surface area contributed by atoms with Crippen LogP contribution in [0.2, 0.25) is 0 Å². The molecule has 0 heterocycles. The summed E-state index contributed by atoms with van der Waals surface area (Å²) < 4.78 is 13.7. The largest absolute Gasteiger partial charge is 0.480 e. The van der Waals surface area contributed by atoms with Crippen LogP contribution < -0.4 is 10.6 Å². The molecule has 0 aliphatic rings. The van der Waals surface area contributed by atoms with Crippen molar-refractivity contribution in [3.63, 3.8) is 0 Å². The van der Waals surface area contributed by atoms with Crippen molar-refractivity contribution in [1.82, 2.24) is 5.32 Å². The third kappa shape index (κ3) is 4.18. The van der Waals surface area contributed by atoms with E-state index >= 15 is 0 Å². The first-order valence-electron chi connectivity index (χ1n) is 5.25. The van der Waals surface area contributed by atoms with Gasteiger partial charge in [0.1, 0.15) is 5.82 Å². The number of benzene rings is 1. The Morgan fingerprint density at radius 2 is 2.05 bits per heavy atom. The molecule has 0 fully saturated rings. The fraction of sp³-hybridized carbons (Fsp3) is 0.273. The number of rotatable bonds is 4. The molecule has 1 aromatic carbocycles. The molecule has 6 nitrogen and oxygen atoms in total. The molecule has 1 aromatic rings. The summed E-state index contributed by atoms with van der Waals surface area (Å²) in [6, 6.07) is 1.69. The maximum atomic E-state index is 13.4. The van der Waals surface area contributed by atoms with E-state index in [4.69, 9.17) is 5.11 Å². The van der Waals surface area contributed by atoms with E-state index < -0.39 is 30.0 Å². The van der Waals surface area contributed by atoms with Gasteiger partial charge in [0.15, 0.2) is 6.04 Å². The molecule has 19 heavy (non-hydrogen) atoms. The van der Waals surface area contributed by atoms with Gasteiger partial charge in [-0.05, 0) is 35.0 Å². The molecule has 1 rings (SSSR count). The Kier molecular flexibility index (Phi) is 5.25. The van der Waals surface area contributed by atoms with Gasteiger partial charge in [0.05, 0.1) is 11.8 Å². The number of hydrogen-bond donors (Lipinski definition) is 4. The first-order valence-corrected chi connectivity index (χ1v) is 6.04. The zero-order chi connectivity index (χ0) is 14.6. The highest BCUT2D eigenvalue weighted by Gasteiger charge is 2.25. The smallest absolute Gasteiger partial charge is 0.328 e. The number of carboxylic acids is 1. The maximum Gasteiger partial charge on any atom is 0.328 e. The lowest BCUT2D eigenvalue weighted by atomic mass is 10.2. The zero-order valence-electron chi connectivity index (χ0n) is 9.85. The number of hydrogen-bond acceptors (Lipinski definition) is 3. The van der Waals surface area contributed by atoms with Crippen molar-refractivity contribution in [1.29, 1.82) is 0 Å². The average Bonchev–Trinajstić information content (AvgIpc) is 2.30. The van der Waals surface area contributed by atoms with E-state index in [-0.39, 0.29) is 5.69 Å². The summed E-state index contributed by atoms with van der Waals surface area (Å²) >= 11 is 3.05. The quantitative estimate of drug-likeness (QED) is 0.671. The molecule has 4 N–H and O–H groups in total. The van der Waals surface area contributed by atoms with E-state index in [1.54, 1.807) is 0 Å². The highest BCUT2D eigenvalue weighted by molar-refractivity contribution is 9.10. The number of halogens is 2. The lowest BCUT2D eigenvalue weighted by Gasteiger charge is -2.17. The SMILES string of the molecule is CC(O)C(NC(=O)Nc1c(F)cccc1Br)C(=O)O. The van der Waals surface area contributed by atoms with Gasteiger partial charge in [0, 0.05) is 4.47 Å². The molecule has 0 spiro atoms. The molecule has 0 aromatic heterocycles. The van der Waals surface area contributed by atoms with Crippen molar-refractivity contribution >= 4 is 33.6 Å². The number of anilines is 1. The monoisotopic (exact) mass is 334 g/mol. The predicted octanol–water partition coefficient (Wildman–Crippen LogP) is 1.54. The highest BCUT2D eigenvalue weighted by atomic mass is 79.9. The topological polar surface area (TPSA) is 98.7 Å². The Morgan fingerprint density at radius 1 is 1.42 bits per heavy atom. The summed E-state index contributed by atoms with van der Waals surface area (Å²) in [5.41, 5.74) is -0.116. The summed E-state index contributed by atoms with van der Waals surface area (Å²) in [7, 11) is 0. The summed E-state index contributed by atoms with van der Waals surface area (Å²) in [6.07, 6.45) is -1.28. The Balaban J connectivity index is 2.78. The summed E-state index contributed by atoms with van der Waals surface area (Å²) in [4.78, 5) is 22.3. The minimum Gasteiger partial charge on any atom is -0.480 e. The highest BCUT2D eigenvalue weighted by Crippen LogP contribution is 2.24. The van der Waals surface area contributed by atoms with Crippen molar-refractivity contribution in [2.45, 2.75) is 19.1 Å². The zero-order valence-corrected chi connectivity index (χ0v) is 11.4. The molecule has 8 heteroatoms. The van der Waals surface area contributed by atoms with Crippen LogP contribution >= 0.6 is 15.9 Å².